The van der Waals surface area contributed by atoms with E-state index in [1.54, 1.807) is 0 Å². The predicted molar refractivity (Wildman–Crippen MR) is 51.6 cm³/mol. The minimum absolute atomic E-state index is 0.568. The maximum absolute atomic E-state index is 10.8. The molecule has 0 aliphatic heterocycles. The predicted octanol–water partition coefficient (Wildman–Crippen LogP) is 1.45. The Labute approximate surface area is 83.9 Å². The van der Waals surface area contributed by atoms with E-state index in [0.29, 0.717) is 6.61 Å². The highest BCUT2D eigenvalue weighted by Crippen LogP contribution is 1.94. The van der Waals surface area contributed by atoms with Crippen LogP contribution in [0.5, 0.6) is 0 Å². The fourth-order valence-corrected chi connectivity index (χ4v) is 0.782. The molecular formula is C10H16O4. The SMILES string of the molecule is CCCCCO/C=C/C(=O)C(=O)OC. The summed E-state index contributed by atoms with van der Waals surface area (Å²) in [7, 11) is 1.16. The molecule has 4 nitrogen and oxygen atoms in total. The lowest BCUT2D eigenvalue weighted by Crippen LogP contribution is -2.12. The van der Waals surface area contributed by atoms with Crippen molar-refractivity contribution in [3.8, 4) is 0 Å². The zero-order valence-electron chi connectivity index (χ0n) is 8.62. The van der Waals surface area contributed by atoms with Gasteiger partial charge in [-0.2, -0.15) is 0 Å². The van der Waals surface area contributed by atoms with Crippen molar-refractivity contribution in [2.75, 3.05) is 13.7 Å². The van der Waals surface area contributed by atoms with Gasteiger partial charge in [0.05, 0.1) is 20.0 Å². The first kappa shape index (κ1) is 12.7. The monoisotopic (exact) mass is 200 g/mol. The summed E-state index contributed by atoms with van der Waals surface area (Å²) in [5, 5.41) is 0. The van der Waals surface area contributed by atoms with Gasteiger partial charge < -0.3 is 9.47 Å². The molecule has 0 amide bonds. The average molecular weight is 200 g/mol. The quantitative estimate of drug-likeness (QED) is 0.205. The van der Waals surface area contributed by atoms with Crippen LogP contribution in [-0.4, -0.2) is 25.5 Å². The van der Waals surface area contributed by atoms with Crippen LogP contribution in [-0.2, 0) is 19.1 Å². The van der Waals surface area contributed by atoms with Gasteiger partial charge in [0.15, 0.2) is 0 Å². The van der Waals surface area contributed by atoms with Gasteiger partial charge in [0.25, 0.3) is 5.78 Å². The van der Waals surface area contributed by atoms with Gasteiger partial charge >= 0.3 is 5.97 Å². The number of esters is 1. The van der Waals surface area contributed by atoms with Crippen LogP contribution in [0.1, 0.15) is 26.2 Å². The van der Waals surface area contributed by atoms with Crippen molar-refractivity contribution in [2.24, 2.45) is 0 Å². The number of rotatable bonds is 7. The van der Waals surface area contributed by atoms with Gasteiger partial charge in [-0.15, -0.1) is 0 Å². The van der Waals surface area contributed by atoms with Crippen molar-refractivity contribution in [1.82, 2.24) is 0 Å². The molecule has 0 N–H and O–H groups in total. The number of ether oxygens (including phenoxy) is 2. The number of ketones is 1. The molecule has 0 radical (unpaired) electrons. The maximum atomic E-state index is 10.8. The number of hydrogen-bond donors (Lipinski definition) is 0. The topological polar surface area (TPSA) is 52.6 Å². The highest BCUT2D eigenvalue weighted by atomic mass is 16.5. The molecule has 0 bridgehead atoms. The zero-order chi connectivity index (χ0) is 10.8. The molecule has 0 heterocycles. The lowest BCUT2D eigenvalue weighted by atomic mass is 10.3. The summed E-state index contributed by atoms with van der Waals surface area (Å²) in [6, 6.07) is 0. The highest BCUT2D eigenvalue weighted by molar-refractivity contribution is 6.38. The van der Waals surface area contributed by atoms with E-state index >= 15 is 0 Å². The van der Waals surface area contributed by atoms with Crippen LogP contribution in [0.15, 0.2) is 12.3 Å². The van der Waals surface area contributed by atoms with Crippen LogP contribution >= 0.6 is 0 Å². The van der Waals surface area contributed by atoms with Gasteiger partial charge in [-0.1, -0.05) is 19.8 Å². The Balaban J connectivity index is 3.52. The lowest BCUT2D eigenvalue weighted by molar-refractivity contribution is -0.149. The summed E-state index contributed by atoms with van der Waals surface area (Å²) in [6.45, 7) is 2.66. The highest BCUT2D eigenvalue weighted by Gasteiger charge is 2.08. The molecule has 0 saturated heterocycles. The minimum Gasteiger partial charge on any atom is -0.501 e. The van der Waals surface area contributed by atoms with E-state index in [2.05, 4.69) is 11.7 Å². The number of carbonyl (C=O) groups excluding carboxylic acids is 2. The molecule has 0 atom stereocenters. The summed E-state index contributed by atoms with van der Waals surface area (Å²) in [5.41, 5.74) is 0. The fourth-order valence-electron chi connectivity index (χ4n) is 0.782. The van der Waals surface area contributed by atoms with Gasteiger partial charge in [-0.05, 0) is 6.42 Å². The van der Waals surface area contributed by atoms with E-state index in [-0.39, 0.29) is 0 Å². The van der Waals surface area contributed by atoms with Crippen LogP contribution < -0.4 is 0 Å². The normalized spacial score (nSPS) is 10.1. The van der Waals surface area contributed by atoms with E-state index in [0.717, 1.165) is 32.4 Å². The lowest BCUT2D eigenvalue weighted by Gasteiger charge is -1.98. The van der Waals surface area contributed by atoms with Gasteiger partial charge in [-0.3, -0.25) is 4.79 Å². The van der Waals surface area contributed by atoms with Gasteiger partial charge in [0.2, 0.25) is 0 Å². The molecule has 0 spiro atoms. The van der Waals surface area contributed by atoms with E-state index in [4.69, 9.17) is 4.74 Å². The van der Waals surface area contributed by atoms with Crippen molar-refractivity contribution < 1.29 is 19.1 Å². The summed E-state index contributed by atoms with van der Waals surface area (Å²) >= 11 is 0. The van der Waals surface area contributed by atoms with Crippen LogP contribution in [0.2, 0.25) is 0 Å². The van der Waals surface area contributed by atoms with Crippen molar-refractivity contribution >= 4 is 11.8 Å². The van der Waals surface area contributed by atoms with E-state index in [1.807, 2.05) is 0 Å². The Morgan fingerprint density at radius 3 is 2.57 bits per heavy atom. The molecule has 80 valence electrons. The van der Waals surface area contributed by atoms with E-state index < -0.39 is 11.8 Å². The summed E-state index contributed by atoms with van der Waals surface area (Å²) in [6.07, 6.45) is 5.47. The molecule has 0 aliphatic rings. The van der Waals surface area contributed by atoms with Crippen LogP contribution in [0.25, 0.3) is 0 Å². The van der Waals surface area contributed by atoms with Gasteiger partial charge in [-0.25, -0.2) is 4.79 Å². The number of hydrogen-bond acceptors (Lipinski definition) is 4. The molecule has 0 aromatic carbocycles. The second-order valence-corrected chi connectivity index (χ2v) is 2.74. The first-order chi connectivity index (χ1) is 6.72. The van der Waals surface area contributed by atoms with Gasteiger partial charge in [0, 0.05) is 6.08 Å². The first-order valence-electron chi connectivity index (χ1n) is 4.62. The second-order valence-electron chi connectivity index (χ2n) is 2.74. The number of carbonyl (C=O) groups is 2. The molecule has 0 rings (SSSR count). The Morgan fingerprint density at radius 2 is 2.00 bits per heavy atom. The number of methoxy groups -OCH3 is 1. The van der Waals surface area contributed by atoms with Crippen LogP contribution in [0.3, 0.4) is 0 Å². The summed E-state index contributed by atoms with van der Waals surface area (Å²) < 4.78 is 9.20. The van der Waals surface area contributed by atoms with Crippen molar-refractivity contribution in [2.45, 2.75) is 26.2 Å². The molecule has 0 aliphatic carbocycles. The second kappa shape index (κ2) is 8.29. The van der Waals surface area contributed by atoms with Crippen molar-refractivity contribution in [1.29, 1.82) is 0 Å². The smallest absolute Gasteiger partial charge is 0.378 e. The molecule has 0 saturated carbocycles. The van der Waals surface area contributed by atoms with Crippen molar-refractivity contribution in [3.63, 3.8) is 0 Å². The number of unbranched alkanes of at least 4 members (excludes halogenated alkanes) is 2. The molecule has 0 unspecified atom stereocenters. The largest absolute Gasteiger partial charge is 0.501 e. The molecule has 4 heteroatoms. The Hall–Kier alpha value is -1.32. The minimum atomic E-state index is -0.876. The molecule has 0 aromatic heterocycles. The van der Waals surface area contributed by atoms with Crippen LogP contribution in [0.4, 0.5) is 0 Å². The third-order valence-electron chi connectivity index (χ3n) is 1.57. The third kappa shape index (κ3) is 6.22. The van der Waals surface area contributed by atoms with E-state index in [1.165, 1.54) is 6.26 Å². The first-order valence-corrected chi connectivity index (χ1v) is 4.62. The summed E-state index contributed by atoms with van der Waals surface area (Å²) in [5.74, 6) is -1.58. The molecule has 0 fully saturated rings. The molecule has 14 heavy (non-hydrogen) atoms. The summed E-state index contributed by atoms with van der Waals surface area (Å²) in [4.78, 5) is 21.4. The zero-order valence-corrected chi connectivity index (χ0v) is 8.62. The van der Waals surface area contributed by atoms with E-state index in [9.17, 15) is 9.59 Å². The Bertz CT molecular complexity index is 208. The third-order valence-corrected chi connectivity index (χ3v) is 1.57. The molecular weight excluding hydrogens is 184 g/mol. The standard InChI is InChI=1S/C10H16O4/c1-3-4-5-7-14-8-6-9(11)10(12)13-2/h6,8H,3-5,7H2,1-2H3/b8-6+. The van der Waals surface area contributed by atoms with Crippen LogP contribution in [0, 0.1) is 0 Å². The average Bonchev–Trinajstić information content (AvgIpc) is 2.21. The Kier molecular flexibility index (Phi) is 7.50. The fraction of sp³-hybridized carbons (Fsp3) is 0.600. The van der Waals surface area contributed by atoms with Gasteiger partial charge in [0.1, 0.15) is 0 Å². The molecule has 0 aromatic rings. The maximum Gasteiger partial charge on any atom is 0.378 e. The van der Waals surface area contributed by atoms with Crippen molar-refractivity contribution in [3.05, 3.63) is 12.3 Å². The Morgan fingerprint density at radius 1 is 1.29 bits per heavy atom.